The molecule has 1 radical (unpaired) electrons. The molecular weight excluding hydrogens is 281 g/mol. The molecule has 0 bridgehead atoms. The van der Waals surface area contributed by atoms with Gasteiger partial charge in [0, 0.05) is 32.7 Å². The Morgan fingerprint density at radius 2 is 1.06 bits per heavy atom. The van der Waals surface area contributed by atoms with Gasteiger partial charge in [0.1, 0.15) is 0 Å². The summed E-state index contributed by atoms with van der Waals surface area (Å²) in [5, 5.41) is 0. The molecule has 0 spiro atoms. The molecule has 0 N–H and O–H groups in total. The van der Waals surface area contributed by atoms with E-state index in [-0.39, 0.29) is 32.7 Å². The van der Waals surface area contributed by atoms with Crippen LogP contribution < -0.4 is 0 Å². The minimum Gasteiger partial charge on any atom is -0.0558 e. The molecule has 0 saturated heterocycles. The first-order valence-electron chi connectivity index (χ1n) is 6.36. The van der Waals surface area contributed by atoms with Crippen molar-refractivity contribution < 1.29 is 32.7 Å². The molecule has 1 aliphatic carbocycles. The second-order valence-corrected chi connectivity index (χ2v) is 6.75. The van der Waals surface area contributed by atoms with Gasteiger partial charge < -0.3 is 0 Å². The molecule has 0 nitrogen and oxygen atoms in total. The van der Waals surface area contributed by atoms with E-state index < -0.39 is 0 Å². The van der Waals surface area contributed by atoms with Crippen LogP contribution in [0.15, 0.2) is 12.1 Å². The van der Waals surface area contributed by atoms with Crippen molar-refractivity contribution in [3.8, 4) is 0 Å². The van der Waals surface area contributed by atoms with Gasteiger partial charge in [0.25, 0.3) is 0 Å². The molecule has 1 aromatic rings. The number of benzene rings is 1. The fraction of sp³-hybridized carbons (Fsp3) is 0.625. The number of hydrogen-bond acceptors (Lipinski definition) is 0. The summed E-state index contributed by atoms with van der Waals surface area (Å²) in [4.78, 5) is 0. The summed E-state index contributed by atoms with van der Waals surface area (Å²) in [5.74, 6) is 0. The van der Waals surface area contributed by atoms with E-state index in [1.165, 1.54) is 24.0 Å². The van der Waals surface area contributed by atoms with E-state index in [0.29, 0.717) is 10.8 Å². The third kappa shape index (κ3) is 2.68. The fourth-order valence-electron chi connectivity index (χ4n) is 2.83. The normalized spacial score (nSPS) is 20.4. The molecule has 91 valence electrons. The van der Waals surface area contributed by atoms with Gasteiger partial charge in [0.15, 0.2) is 0 Å². The van der Waals surface area contributed by atoms with Gasteiger partial charge in [-0.1, -0.05) is 39.8 Å². The monoisotopic (exact) mass is 305 g/mol. The van der Waals surface area contributed by atoms with Crippen molar-refractivity contribution in [2.75, 3.05) is 0 Å². The predicted molar refractivity (Wildman–Crippen MR) is 71.2 cm³/mol. The van der Waals surface area contributed by atoms with Crippen LogP contribution in [0.1, 0.15) is 62.8 Å². The van der Waals surface area contributed by atoms with E-state index >= 15 is 0 Å². The van der Waals surface area contributed by atoms with Crippen molar-refractivity contribution in [1.82, 2.24) is 0 Å². The first-order valence-corrected chi connectivity index (χ1v) is 6.36. The van der Waals surface area contributed by atoms with Crippen LogP contribution in [0.5, 0.6) is 0 Å². The van der Waals surface area contributed by atoms with Crippen molar-refractivity contribution >= 4 is 0 Å². The summed E-state index contributed by atoms with van der Waals surface area (Å²) in [7, 11) is 0. The maximum Gasteiger partial charge on any atom is 0 e. The summed E-state index contributed by atoms with van der Waals surface area (Å²) in [6.45, 7) is 14.0. The molecule has 0 atom stereocenters. The zero-order chi connectivity index (χ0) is 12.1. The van der Waals surface area contributed by atoms with E-state index in [2.05, 4.69) is 53.7 Å². The average Bonchev–Trinajstić information content (AvgIpc) is 2.17. The molecule has 0 unspecified atom stereocenters. The van der Waals surface area contributed by atoms with E-state index in [9.17, 15) is 0 Å². The first-order chi connectivity index (χ1) is 7.24. The van der Waals surface area contributed by atoms with Gasteiger partial charge in [-0.3, -0.25) is 0 Å². The van der Waals surface area contributed by atoms with Crippen LogP contribution >= 0.6 is 0 Å². The van der Waals surface area contributed by atoms with Crippen LogP contribution in [0.2, 0.25) is 0 Å². The van der Waals surface area contributed by atoms with Gasteiger partial charge in [-0.25, -0.2) is 0 Å². The molecule has 0 aromatic heterocycles. The SMILES string of the molecule is Cc1cc2c(cc1C)C(C)(C)CCC2(C)C.[Y]. The van der Waals surface area contributed by atoms with Crippen molar-refractivity contribution in [3.05, 3.63) is 34.4 Å². The number of rotatable bonds is 0. The van der Waals surface area contributed by atoms with Crippen molar-refractivity contribution in [2.24, 2.45) is 0 Å². The van der Waals surface area contributed by atoms with Crippen LogP contribution in [0.25, 0.3) is 0 Å². The molecule has 0 amide bonds. The average molecular weight is 305 g/mol. The Hall–Kier alpha value is 0.324. The van der Waals surface area contributed by atoms with Crippen molar-refractivity contribution in [2.45, 2.75) is 65.2 Å². The van der Waals surface area contributed by atoms with E-state index in [1.807, 2.05) is 0 Å². The number of aryl methyl sites for hydroxylation is 2. The quantitative estimate of drug-likeness (QED) is 0.654. The third-order valence-electron chi connectivity index (χ3n) is 4.47. The Morgan fingerprint density at radius 1 is 0.765 bits per heavy atom. The standard InChI is InChI=1S/C16H24.Y/c1-11-9-13-14(10-12(11)2)16(5,6)8-7-15(13,3)4;/h9-10H,7-8H2,1-6H3;. The summed E-state index contributed by atoms with van der Waals surface area (Å²) in [6, 6.07) is 4.84. The van der Waals surface area contributed by atoms with Gasteiger partial charge >= 0.3 is 0 Å². The maximum atomic E-state index is 2.42. The molecule has 0 aliphatic heterocycles. The molecular formula is C16H24Y. The number of fused-ring (bicyclic) bond motifs is 1. The molecule has 0 saturated carbocycles. The van der Waals surface area contributed by atoms with E-state index in [1.54, 1.807) is 11.1 Å². The van der Waals surface area contributed by atoms with E-state index in [4.69, 9.17) is 0 Å². The Balaban J connectivity index is 0.00000144. The summed E-state index contributed by atoms with van der Waals surface area (Å²) in [5.41, 5.74) is 6.72. The fourth-order valence-corrected chi connectivity index (χ4v) is 2.83. The Bertz CT molecular complexity index is 386. The number of hydrogen-bond donors (Lipinski definition) is 0. The van der Waals surface area contributed by atoms with Crippen molar-refractivity contribution in [1.29, 1.82) is 0 Å². The Kier molecular flexibility index (Phi) is 4.32. The predicted octanol–water partition coefficient (Wildman–Crippen LogP) is 4.65. The van der Waals surface area contributed by atoms with E-state index in [0.717, 1.165) is 0 Å². The second-order valence-electron chi connectivity index (χ2n) is 6.75. The molecule has 2 rings (SSSR count). The maximum absolute atomic E-state index is 2.42. The van der Waals surface area contributed by atoms with Gasteiger partial charge in [0.2, 0.25) is 0 Å². The Labute approximate surface area is 131 Å². The molecule has 1 aromatic carbocycles. The van der Waals surface area contributed by atoms with Gasteiger partial charge in [-0.2, -0.15) is 0 Å². The molecule has 1 aliphatic rings. The zero-order valence-electron chi connectivity index (χ0n) is 12.1. The molecule has 17 heavy (non-hydrogen) atoms. The van der Waals surface area contributed by atoms with Gasteiger partial charge in [-0.15, -0.1) is 0 Å². The minimum atomic E-state index is 0. The van der Waals surface area contributed by atoms with Gasteiger partial charge in [-0.05, 0) is 59.8 Å². The minimum absolute atomic E-state index is 0. The Morgan fingerprint density at radius 3 is 1.35 bits per heavy atom. The molecule has 0 fully saturated rings. The van der Waals surface area contributed by atoms with Crippen LogP contribution in [-0.4, -0.2) is 0 Å². The first kappa shape index (κ1) is 15.4. The second kappa shape index (κ2) is 4.78. The van der Waals surface area contributed by atoms with Crippen LogP contribution in [0.4, 0.5) is 0 Å². The van der Waals surface area contributed by atoms with Crippen molar-refractivity contribution in [3.63, 3.8) is 0 Å². The third-order valence-corrected chi connectivity index (χ3v) is 4.47. The topological polar surface area (TPSA) is 0 Å². The summed E-state index contributed by atoms with van der Waals surface area (Å²) >= 11 is 0. The van der Waals surface area contributed by atoms with Gasteiger partial charge in [0.05, 0.1) is 0 Å². The van der Waals surface area contributed by atoms with Crippen LogP contribution in [0, 0.1) is 13.8 Å². The zero-order valence-corrected chi connectivity index (χ0v) is 15.0. The van der Waals surface area contributed by atoms with Crippen LogP contribution in [-0.2, 0) is 43.5 Å². The molecule has 1 heteroatoms. The summed E-state index contributed by atoms with van der Waals surface area (Å²) < 4.78 is 0. The van der Waals surface area contributed by atoms with Crippen LogP contribution in [0.3, 0.4) is 0 Å². The largest absolute Gasteiger partial charge is 0.0558 e. The smallest absolute Gasteiger partial charge is 0 e. The molecule has 0 heterocycles. The summed E-state index contributed by atoms with van der Waals surface area (Å²) in [6.07, 6.45) is 2.60.